The molecule has 1 aliphatic heterocycles. The quantitative estimate of drug-likeness (QED) is 0.455. The van der Waals surface area contributed by atoms with E-state index in [1.165, 1.54) is 6.26 Å². The van der Waals surface area contributed by atoms with Crippen molar-refractivity contribution in [1.82, 2.24) is 15.4 Å². The summed E-state index contributed by atoms with van der Waals surface area (Å²) in [5.74, 6) is 1.03. The number of piperidine rings is 1. The van der Waals surface area contributed by atoms with Crippen LogP contribution in [-0.4, -0.2) is 63.7 Å². The van der Waals surface area contributed by atoms with Gasteiger partial charge in [0, 0.05) is 50.4 Å². The molecule has 1 fully saturated rings. The van der Waals surface area contributed by atoms with E-state index in [1.807, 2.05) is 24.3 Å². The summed E-state index contributed by atoms with van der Waals surface area (Å²) in [6, 6.07) is 9.05. The van der Waals surface area contributed by atoms with E-state index in [-0.39, 0.29) is 0 Å². The van der Waals surface area contributed by atoms with Crippen LogP contribution in [-0.2, 0) is 14.6 Å². The number of nitrogens with one attached hydrogen (secondary N) is 3. The Bertz CT molecular complexity index is 895. The van der Waals surface area contributed by atoms with Crippen LogP contribution in [0.25, 0.3) is 0 Å². The summed E-state index contributed by atoms with van der Waals surface area (Å²) in [5.41, 5.74) is 5.10. The highest BCUT2D eigenvalue weighted by Crippen LogP contribution is 2.25. The van der Waals surface area contributed by atoms with Crippen LogP contribution >= 0.6 is 0 Å². The maximum Gasteiger partial charge on any atom is 0.175 e. The molecule has 0 radical (unpaired) electrons. The first-order chi connectivity index (χ1) is 13.3. The van der Waals surface area contributed by atoms with Gasteiger partial charge in [-0.1, -0.05) is 0 Å². The molecule has 0 saturated carbocycles. The third-order valence-corrected chi connectivity index (χ3v) is 5.88. The molecular formula is C19H27N5O3S. The number of hydrazine groups is 1. The van der Waals surface area contributed by atoms with Gasteiger partial charge in [0.25, 0.3) is 0 Å². The van der Waals surface area contributed by atoms with Gasteiger partial charge in [0.15, 0.2) is 9.84 Å². The van der Waals surface area contributed by atoms with Gasteiger partial charge < -0.3 is 20.0 Å². The van der Waals surface area contributed by atoms with E-state index in [1.54, 1.807) is 24.3 Å². The summed E-state index contributed by atoms with van der Waals surface area (Å²) in [6.07, 6.45) is 6.12. The Balaban J connectivity index is 1.61. The number of aromatic nitrogens is 1. The topological polar surface area (TPSA) is 97.5 Å². The van der Waals surface area contributed by atoms with Crippen LogP contribution in [0.2, 0.25) is 0 Å². The Labute approximate surface area is 165 Å². The summed E-state index contributed by atoms with van der Waals surface area (Å²) in [7, 11) is -1.32. The first-order valence-corrected chi connectivity index (χ1v) is 11.2. The Morgan fingerprint density at radius 1 is 1.29 bits per heavy atom. The number of aromatic amines is 1. The highest BCUT2D eigenvalue weighted by molar-refractivity contribution is 7.90. The first-order valence-electron chi connectivity index (χ1n) is 9.26. The van der Waals surface area contributed by atoms with Crippen molar-refractivity contribution in [2.45, 2.75) is 23.8 Å². The zero-order chi connectivity index (χ0) is 20.1. The number of aldehydes is 1. The molecule has 152 valence electrons. The second kappa shape index (κ2) is 8.76. The molecule has 1 saturated heterocycles. The maximum atomic E-state index is 11.6. The Morgan fingerprint density at radius 2 is 2.04 bits per heavy atom. The highest BCUT2D eigenvalue weighted by Gasteiger charge is 2.22. The fraction of sp³-hybridized carbons (Fsp3) is 0.421. The normalized spacial score (nSPS) is 17.7. The molecule has 8 nitrogen and oxygen atoms in total. The summed E-state index contributed by atoms with van der Waals surface area (Å²) >= 11 is 0. The van der Waals surface area contributed by atoms with Gasteiger partial charge in [0.2, 0.25) is 0 Å². The highest BCUT2D eigenvalue weighted by atomic mass is 32.2. The predicted molar refractivity (Wildman–Crippen MR) is 111 cm³/mol. The van der Waals surface area contributed by atoms with Gasteiger partial charge in [0.05, 0.1) is 17.1 Å². The van der Waals surface area contributed by atoms with Crippen molar-refractivity contribution in [1.29, 1.82) is 0 Å². The number of H-pyrrole nitrogens is 1. The second-order valence-corrected chi connectivity index (χ2v) is 9.17. The van der Waals surface area contributed by atoms with E-state index in [9.17, 15) is 13.2 Å². The number of hydrogen-bond donors (Lipinski definition) is 3. The standard InChI is InChI=1S/C19H27N5O3S/c1-23(10-11-25)22-16-4-3-9-24(14-16)19-12-17(13-20-19)21-15-5-7-18(8-6-15)28(2,26)27/h5-8,11-13,16,20-22H,3-4,9-10,14H2,1-2H3/t16-/m1/s1. The lowest BCUT2D eigenvalue weighted by Crippen LogP contribution is -2.51. The van der Waals surface area contributed by atoms with E-state index in [0.29, 0.717) is 17.5 Å². The number of likely N-dealkylation sites (N-methyl/N-ethyl adjacent to an activating group) is 1. The lowest BCUT2D eigenvalue weighted by molar-refractivity contribution is -0.109. The molecule has 0 bridgehead atoms. The van der Waals surface area contributed by atoms with E-state index < -0.39 is 9.84 Å². The predicted octanol–water partition coefficient (Wildman–Crippen LogP) is 1.77. The first kappa shape index (κ1) is 20.4. The van der Waals surface area contributed by atoms with Crippen molar-refractivity contribution >= 4 is 33.3 Å². The third kappa shape index (κ3) is 5.34. The fourth-order valence-corrected chi connectivity index (χ4v) is 4.00. The number of rotatable bonds is 8. The monoisotopic (exact) mass is 405 g/mol. The van der Waals surface area contributed by atoms with Crippen LogP contribution in [0.15, 0.2) is 41.4 Å². The fourth-order valence-electron chi connectivity index (χ4n) is 3.37. The lowest BCUT2D eigenvalue weighted by Gasteiger charge is -2.35. The summed E-state index contributed by atoms with van der Waals surface area (Å²) in [6.45, 7) is 2.19. The minimum absolute atomic E-state index is 0.293. The molecule has 0 aliphatic carbocycles. The molecular weight excluding hydrogens is 378 g/mol. The van der Waals surface area contributed by atoms with E-state index in [4.69, 9.17) is 0 Å². The van der Waals surface area contributed by atoms with Crippen molar-refractivity contribution in [3.8, 4) is 0 Å². The maximum absolute atomic E-state index is 11.6. The molecule has 0 amide bonds. The SMILES string of the molecule is CN(CC=O)N[C@@H]1CCCN(c2cc(Nc3ccc(S(C)(=O)=O)cc3)c[nH]2)C1. The van der Waals surface area contributed by atoms with Crippen molar-refractivity contribution in [3.63, 3.8) is 0 Å². The summed E-state index contributed by atoms with van der Waals surface area (Å²) in [4.78, 5) is 16.5. The number of carbonyl (C=O) groups is 1. The van der Waals surface area contributed by atoms with Crippen molar-refractivity contribution in [2.24, 2.45) is 0 Å². The van der Waals surface area contributed by atoms with Crippen LogP contribution < -0.4 is 15.6 Å². The molecule has 1 aromatic carbocycles. The molecule has 9 heteroatoms. The number of hydrogen-bond acceptors (Lipinski definition) is 7. The largest absolute Gasteiger partial charge is 0.357 e. The molecule has 3 N–H and O–H groups in total. The van der Waals surface area contributed by atoms with Gasteiger partial charge in [-0.05, 0) is 37.1 Å². The van der Waals surface area contributed by atoms with Gasteiger partial charge in [0.1, 0.15) is 12.1 Å². The van der Waals surface area contributed by atoms with Gasteiger partial charge in [-0.15, -0.1) is 0 Å². The Morgan fingerprint density at radius 3 is 2.71 bits per heavy atom. The van der Waals surface area contributed by atoms with Crippen LogP contribution in [0.5, 0.6) is 0 Å². The average Bonchev–Trinajstić information content (AvgIpc) is 3.10. The van der Waals surface area contributed by atoms with Gasteiger partial charge >= 0.3 is 0 Å². The molecule has 1 aliphatic rings. The zero-order valence-electron chi connectivity index (χ0n) is 16.2. The molecule has 2 heterocycles. The molecule has 2 aromatic rings. The molecule has 0 unspecified atom stereocenters. The zero-order valence-corrected chi connectivity index (χ0v) is 17.0. The smallest absolute Gasteiger partial charge is 0.175 e. The number of nitrogens with zero attached hydrogens (tertiary/aromatic N) is 2. The van der Waals surface area contributed by atoms with E-state index in [2.05, 4.69) is 20.6 Å². The summed E-state index contributed by atoms with van der Waals surface area (Å²) < 4.78 is 23.1. The van der Waals surface area contributed by atoms with Crippen LogP contribution in [0, 0.1) is 0 Å². The van der Waals surface area contributed by atoms with Gasteiger partial charge in [-0.3, -0.25) is 5.43 Å². The molecule has 0 spiro atoms. The molecule has 1 aromatic heterocycles. The Hall–Kier alpha value is -2.36. The Kier molecular flexibility index (Phi) is 6.38. The molecule has 28 heavy (non-hydrogen) atoms. The number of carbonyl (C=O) groups excluding carboxylic acids is 1. The van der Waals surface area contributed by atoms with Crippen molar-refractivity contribution in [2.75, 3.05) is 43.2 Å². The molecule has 3 rings (SSSR count). The average molecular weight is 406 g/mol. The van der Waals surface area contributed by atoms with Crippen LogP contribution in [0.1, 0.15) is 12.8 Å². The third-order valence-electron chi connectivity index (χ3n) is 4.75. The van der Waals surface area contributed by atoms with Gasteiger partial charge in [-0.2, -0.15) is 0 Å². The van der Waals surface area contributed by atoms with E-state index in [0.717, 1.165) is 49.4 Å². The van der Waals surface area contributed by atoms with Crippen molar-refractivity contribution < 1.29 is 13.2 Å². The minimum atomic E-state index is -3.19. The van der Waals surface area contributed by atoms with Crippen molar-refractivity contribution in [3.05, 3.63) is 36.5 Å². The summed E-state index contributed by atoms with van der Waals surface area (Å²) in [5, 5.41) is 5.11. The number of sulfone groups is 1. The molecule has 1 atom stereocenters. The number of anilines is 3. The van der Waals surface area contributed by atoms with Gasteiger partial charge in [-0.25, -0.2) is 13.4 Å². The van der Waals surface area contributed by atoms with Crippen LogP contribution in [0.4, 0.5) is 17.2 Å². The minimum Gasteiger partial charge on any atom is -0.357 e. The van der Waals surface area contributed by atoms with Crippen LogP contribution in [0.3, 0.4) is 0 Å². The lowest BCUT2D eigenvalue weighted by atomic mass is 10.1. The van der Waals surface area contributed by atoms with E-state index >= 15 is 0 Å². The number of benzene rings is 1. The second-order valence-electron chi connectivity index (χ2n) is 7.16.